The zero-order valence-electron chi connectivity index (χ0n) is 12.1. The van der Waals surface area contributed by atoms with E-state index in [9.17, 15) is 4.79 Å². The van der Waals surface area contributed by atoms with E-state index in [2.05, 4.69) is 23.6 Å². The third kappa shape index (κ3) is 2.33. The van der Waals surface area contributed by atoms with Crippen molar-refractivity contribution >= 4 is 17.5 Å². The van der Waals surface area contributed by atoms with Crippen LogP contribution in [0.4, 0.5) is 0 Å². The topological polar surface area (TPSA) is 23.6 Å². The van der Waals surface area contributed by atoms with E-state index < -0.39 is 0 Å². The number of nitrogens with zero attached hydrogens (tertiary/aromatic N) is 2. The van der Waals surface area contributed by atoms with Gasteiger partial charge in [0.2, 0.25) is 0 Å². The smallest absolute Gasteiger partial charge is 0.255 e. The van der Waals surface area contributed by atoms with Crippen molar-refractivity contribution in [2.24, 2.45) is 0 Å². The first-order chi connectivity index (χ1) is 9.58. The van der Waals surface area contributed by atoms with E-state index in [1.54, 1.807) is 6.07 Å². The van der Waals surface area contributed by atoms with E-state index in [1.807, 2.05) is 18.2 Å². The van der Waals surface area contributed by atoms with Crippen LogP contribution in [0.15, 0.2) is 24.3 Å². The maximum atomic E-state index is 12.8. The van der Waals surface area contributed by atoms with Gasteiger partial charge in [-0.25, -0.2) is 0 Å². The van der Waals surface area contributed by atoms with E-state index >= 15 is 0 Å². The highest BCUT2D eigenvalue weighted by Crippen LogP contribution is 2.33. The molecule has 0 radical (unpaired) electrons. The van der Waals surface area contributed by atoms with Crippen LogP contribution in [0.25, 0.3) is 0 Å². The lowest BCUT2D eigenvalue weighted by atomic mass is 10.1. The third-order valence-electron chi connectivity index (χ3n) is 4.58. The minimum absolute atomic E-state index is 0.103. The Balaban J connectivity index is 1.83. The quantitative estimate of drug-likeness (QED) is 0.836. The van der Waals surface area contributed by atoms with Crippen molar-refractivity contribution in [1.82, 2.24) is 9.80 Å². The van der Waals surface area contributed by atoms with Crippen molar-refractivity contribution in [3.05, 3.63) is 34.9 Å². The predicted molar refractivity (Wildman–Crippen MR) is 81.1 cm³/mol. The number of likely N-dealkylation sites (tertiary alicyclic amines) is 1. The number of rotatable bonds is 2. The number of hydrogen-bond donors (Lipinski definition) is 0. The molecule has 108 valence electrons. The molecule has 2 heterocycles. The second kappa shape index (κ2) is 5.38. The zero-order chi connectivity index (χ0) is 14.3. The number of halogens is 1. The highest BCUT2D eigenvalue weighted by atomic mass is 35.5. The van der Waals surface area contributed by atoms with Gasteiger partial charge >= 0.3 is 0 Å². The molecular weight excluding hydrogens is 272 g/mol. The van der Waals surface area contributed by atoms with E-state index in [0.29, 0.717) is 28.7 Å². The number of carbonyl (C=O) groups excluding carboxylic acids is 1. The van der Waals surface area contributed by atoms with Gasteiger partial charge in [0.25, 0.3) is 5.91 Å². The highest BCUT2D eigenvalue weighted by Gasteiger charge is 2.43. The van der Waals surface area contributed by atoms with Gasteiger partial charge < -0.3 is 4.90 Å². The Labute approximate surface area is 125 Å². The molecule has 1 amide bonds. The van der Waals surface area contributed by atoms with Gasteiger partial charge in [-0.1, -0.05) is 23.7 Å². The maximum Gasteiger partial charge on any atom is 0.255 e. The van der Waals surface area contributed by atoms with E-state index in [0.717, 1.165) is 25.9 Å². The number of fused-ring (bicyclic) bond motifs is 2. The first-order valence-corrected chi connectivity index (χ1v) is 7.77. The molecule has 2 bridgehead atoms. The summed E-state index contributed by atoms with van der Waals surface area (Å²) in [5.74, 6) is 0.103. The van der Waals surface area contributed by atoms with Crippen LogP contribution in [0.2, 0.25) is 5.02 Å². The van der Waals surface area contributed by atoms with Crippen molar-refractivity contribution in [3.63, 3.8) is 0 Å². The fraction of sp³-hybridized carbons (Fsp3) is 0.562. The van der Waals surface area contributed by atoms with Gasteiger partial charge in [-0.2, -0.15) is 0 Å². The third-order valence-corrected chi connectivity index (χ3v) is 4.91. The zero-order valence-corrected chi connectivity index (χ0v) is 12.8. The van der Waals surface area contributed by atoms with Crippen molar-refractivity contribution in [1.29, 1.82) is 0 Å². The summed E-state index contributed by atoms with van der Waals surface area (Å²) in [7, 11) is 0. The van der Waals surface area contributed by atoms with Crippen LogP contribution in [0, 0.1) is 0 Å². The first-order valence-electron chi connectivity index (χ1n) is 7.39. The molecule has 2 unspecified atom stereocenters. The molecule has 3 rings (SSSR count). The molecule has 2 aliphatic rings. The number of piperazine rings is 1. The van der Waals surface area contributed by atoms with Gasteiger partial charge in [0.15, 0.2) is 0 Å². The van der Waals surface area contributed by atoms with Gasteiger partial charge in [0.05, 0.1) is 10.6 Å². The van der Waals surface area contributed by atoms with Crippen molar-refractivity contribution < 1.29 is 4.79 Å². The van der Waals surface area contributed by atoms with Crippen molar-refractivity contribution in [2.45, 2.75) is 44.8 Å². The molecule has 4 heteroatoms. The number of benzene rings is 1. The Morgan fingerprint density at radius 1 is 1.20 bits per heavy atom. The first kappa shape index (κ1) is 13.9. The summed E-state index contributed by atoms with van der Waals surface area (Å²) in [5, 5.41) is 0.559. The molecule has 2 fully saturated rings. The van der Waals surface area contributed by atoms with E-state index in [4.69, 9.17) is 11.6 Å². The normalized spacial score (nSPS) is 26.3. The summed E-state index contributed by atoms with van der Waals surface area (Å²) < 4.78 is 0. The number of hydrogen-bond acceptors (Lipinski definition) is 2. The molecule has 0 saturated carbocycles. The molecule has 0 N–H and O–H groups in total. The van der Waals surface area contributed by atoms with Gasteiger partial charge in [0.1, 0.15) is 0 Å². The Morgan fingerprint density at radius 2 is 1.80 bits per heavy atom. The van der Waals surface area contributed by atoms with Crippen LogP contribution in [0.5, 0.6) is 0 Å². The van der Waals surface area contributed by atoms with Gasteiger partial charge in [0, 0.05) is 31.2 Å². The summed E-state index contributed by atoms with van der Waals surface area (Å²) in [6.07, 6.45) is 2.23. The molecule has 0 aliphatic carbocycles. The Bertz CT molecular complexity index is 503. The minimum atomic E-state index is 0.103. The molecule has 20 heavy (non-hydrogen) atoms. The average Bonchev–Trinajstić information content (AvgIpc) is 2.68. The fourth-order valence-electron chi connectivity index (χ4n) is 3.46. The van der Waals surface area contributed by atoms with Crippen LogP contribution in [0.1, 0.15) is 37.0 Å². The van der Waals surface area contributed by atoms with Crippen LogP contribution in [-0.4, -0.2) is 46.9 Å². The lowest BCUT2D eigenvalue weighted by molar-refractivity contribution is 0.0350. The maximum absolute atomic E-state index is 12.8. The summed E-state index contributed by atoms with van der Waals surface area (Å²) in [6, 6.07) is 8.62. The Morgan fingerprint density at radius 3 is 2.35 bits per heavy atom. The summed E-state index contributed by atoms with van der Waals surface area (Å²) in [4.78, 5) is 17.3. The second-order valence-corrected chi connectivity index (χ2v) is 6.53. The van der Waals surface area contributed by atoms with Crippen molar-refractivity contribution in [2.75, 3.05) is 13.1 Å². The Kier molecular flexibility index (Phi) is 3.74. The number of amides is 1. The van der Waals surface area contributed by atoms with E-state index in [-0.39, 0.29) is 5.91 Å². The van der Waals surface area contributed by atoms with Crippen LogP contribution < -0.4 is 0 Å². The average molecular weight is 293 g/mol. The monoisotopic (exact) mass is 292 g/mol. The van der Waals surface area contributed by atoms with Crippen LogP contribution >= 0.6 is 11.6 Å². The molecule has 1 aromatic rings. The molecular formula is C16H21ClN2O. The van der Waals surface area contributed by atoms with Gasteiger partial charge in [-0.15, -0.1) is 0 Å². The summed E-state index contributed by atoms with van der Waals surface area (Å²) in [5.41, 5.74) is 0.643. The SMILES string of the molecule is CC(C)N1CC2CCC(C1)N2C(=O)c1ccccc1Cl. The highest BCUT2D eigenvalue weighted by molar-refractivity contribution is 6.33. The van der Waals surface area contributed by atoms with Gasteiger partial charge in [-0.3, -0.25) is 9.69 Å². The minimum Gasteiger partial charge on any atom is -0.330 e. The molecule has 1 aromatic carbocycles. The molecule has 3 nitrogen and oxygen atoms in total. The predicted octanol–water partition coefficient (Wildman–Crippen LogP) is 3.04. The number of carbonyl (C=O) groups is 1. The molecule has 2 aliphatic heterocycles. The molecule has 0 spiro atoms. The lowest BCUT2D eigenvalue weighted by Crippen LogP contribution is -2.57. The molecule has 2 saturated heterocycles. The van der Waals surface area contributed by atoms with Crippen molar-refractivity contribution in [3.8, 4) is 0 Å². The Hall–Kier alpha value is -1.06. The largest absolute Gasteiger partial charge is 0.330 e. The summed E-state index contributed by atoms with van der Waals surface area (Å²) in [6.45, 7) is 6.44. The van der Waals surface area contributed by atoms with Crippen LogP contribution in [-0.2, 0) is 0 Å². The standard InChI is InChI=1S/C16H21ClN2O/c1-11(2)18-9-12-7-8-13(10-18)19(12)16(20)14-5-3-4-6-15(14)17/h3-6,11-13H,7-10H2,1-2H3. The second-order valence-electron chi connectivity index (χ2n) is 6.12. The van der Waals surface area contributed by atoms with Gasteiger partial charge in [-0.05, 0) is 38.8 Å². The fourth-order valence-corrected chi connectivity index (χ4v) is 3.68. The molecule has 2 atom stereocenters. The van der Waals surface area contributed by atoms with E-state index in [1.165, 1.54) is 0 Å². The summed E-state index contributed by atoms with van der Waals surface area (Å²) >= 11 is 6.18. The molecule has 0 aromatic heterocycles. The lowest BCUT2D eigenvalue weighted by Gasteiger charge is -2.43. The van der Waals surface area contributed by atoms with Crippen LogP contribution in [0.3, 0.4) is 0 Å².